The molecule has 10 nitrogen and oxygen atoms in total. The maximum Gasteiger partial charge on any atom is 0.355 e. The van der Waals surface area contributed by atoms with E-state index in [1.807, 2.05) is 13.0 Å². The third kappa shape index (κ3) is 5.57. The second-order valence-corrected chi connectivity index (χ2v) is 8.72. The van der Waals surface area contributed by atoms with E-state index in [0.717, 1.165) is 28.7 Å². The molecular weight excluding hydrogens is 468 g/mol. The Kier molecular flexibility index (Phi) is 7.82. The topological polar surface area (TPSA) is 129 Å². The zero-order chi connectivity index (χ0) is 24.1. The summed E-state index contributed by atoms with van der Waals surface area (Å²) < 4.78 is 11.4. The van der Waals surface area contributed by atoms with Crippen LogP contribution in [0.4, 0.5) is 5.00 Å². The highest BCUT2D eigenvalue weighted by atomic mass is 32.2. The number of aromatic nitrogens is 3. The molecule has 0 spiro atoms. The predicted octanol–water partition coefficient (Wildman–Crippen LogP) is 2.85. The zero-order valence-corrected chi connectivity index (χ0v) is 20.1. The molecule has 12 heteroatoms. The minimum Gasteiger partial charge on any atom is -0.462 e. The van der Waals surface area contributed by atoms with Crippen LogP contribution in [0.1, 0.15) is 45.0 Å². The van der Waals surface area contributed by atoms with Crippen molar-refractivity contribution in [3.8, 4) is 0 Å². The average Bonchev–Trinajstić information content (AvgIpc) is 3.09. The van der Waals surface area contributed by atoms with Crippen molar-refractivity contribution in [1.29, 1.82) is 0 Å². The van der Waals surface area contributed by atoms with Gasteiger partial charge in [-0.2, -0.15) is 4.98 Å². The normalized spacial score (nSPS) is 10.8. The second kappa shape index (κ2) is 10.6. The Morgan fingerprint density at radius 1 is 1.09 bits per heavy atom. The van der Waals surface area contributed by atoms with E-state index in [1.165, 1.54) is 4.40 Å². The third-order valence-corrected chi connectivity index (χ3v) is 6.39. The van der Waals surface area contributed by atoms with E-state index in [4.69, 9.17) is 9.47 Å². The van der Waals surface area contributed by atoms with Gasteiger partial charge in [0.1, 0.15) is 15.5 Å². The van der Waals surface area contributed by atoms with Crippen LogP contribution in [-0.4, -0.2) is 51.2 Å². The number of ether oxygens (including phenoxy) is 2. The van der Waals surface area contributed by atoms with Crippen LogP contribution in [0.2, 0.25) is 0 Å². The highest BCUT2D eigenvalue weighted by molar-refractivity contribution is 7.99. The van der Waals surface area contributed by atoms with Gasteiger partial charge in [-0.25, -0.2) is 19.4 Å². The number of thioether (sulfide) groups is 1. The van der Waals surface area contributed by atoms with Gasteiger partial charge < -0.3 is 14.8 Å². The van der Waals surface area contributed by atoms with E-state index in [1.54, 1.807) is 33.0 Å². The molecule has 3 aromatic rings. The Morgan fingerprint density at radius 3 is 2.48 bits per heavy atom. The van der Waals surface area contributed by atoms with Crippen LogP contribution in [0.15, 0.2) is 28.3 Å². The first-order chi connectivity index (χ1) is 15.7. The van der Waals surface area contributed by atoms with E-state index in [2.05, 4.69) is 15.3 Å². The monoisotopic (exact) mass is 490 g/mol. The smallest absolute Gasteiger partial charge is 0.355 e. The molecule has 0 radical (unpaired) electrons. The number of aryl methyl sites for hydroxylation is 1. The predicted molar refractivity (Wildman–Crippen MR) is 124 cm³/mol. The fourth-order valence-electron chi connectivity index (χ4n) is 2.90. The summed E-state index contributed by atoms with van der Waals surface area (Å²) in [6, 6.07) is 3.51. The van der Waals surface area contributed by atoms with Gasteiger partial charge in [0.2, 0.25) is 5.91 Å². The molecule has 1 amide bonds. The van der Waals surface area contributed by atoms with E-state index < -0.39 is 23.5 Å². The maximum absolute atomic E-state index is 12.6. The lowest BCUT2D eigenvalue weighted by molar-refractivity contribution is -0.113. The highest BCUT2D eigenvalue weighted by Crippen LogP contribution is 2.34. The Hall–Kier alpha value is -3.25. The number of carbonyl (C=O) groups excluding carboxylic acids is 3. The molecule has 33 heavy (non-hydrogen) atoms. The van der Waals surface area contributed by atoms with Gasteiger partial charge in [0.05, 0.1) is 24.5 Å². The summed E-state index contributed by atoms with van der Waals surface area (Å²) in [5.41, 5.74) is 1.30. The number of hydrogen-bond acceptors (Lipinski definition) is 10. The number of nitrogens with zero attached hydrogens (tertiary/aromatic N) is 3. The minimum atomic E-state index is -0.647. The van der Waals surface area contributed by atoms with E-state index in [9.17, 15) is 19.2 Å². The van der Waals surface area contributed by atoms with E-state index >= 15 is 0 Å². The van der Waals surface area contributed by atoms with Crippen molar-refractivity contribution in [2.75, 3.05) is 24.3 Å². The Morgan fingerprint density at radius 2 is 1.79 bits per heavy atom. The Labute approximate surface area is 197 Å². The third-order valence-electron chi connectivity index (χ3n) is 4.35. The summed E-state index contributed by atoms with van der Waals surface area (Å²) in [6.45, 7) is 7.10. The number of esters is 2. The molecule has 3 aromatic heterocycles. The summed E-state index contributed by atoms with van der Waals surface area (Å²) in [6.07, 6.45) is 1.63. The molecule has 0 aromatic carbocycles. The molecule has 0 saturated heterocycles. The average molecular weight is 491 g/mol. The molecule has 0 bridgehead atoms. The lowest BCUT2D eigenvalue weighted by Gasteiger charge is -2.07. The van der Waals surface area contributed by atoms with Gasteiger partial charge in [-0.15, -0.1) is 11.3 Å². The lowest BCUT2D eigenvalue weighted by atomic mass is 10.1. The van der Waals surface area contributed by atoms with Gasteiger partial charge in [-0.05, 0) is 44.9 Å². The summed E-state index contributed by atoms with van der Waals surface area (Å²) in [4.78, 5) is 57.9. The van der Waals surface area contributed by atoms with Gasteiger partial charge in [0.15, 0.2) is 5.16 Å². The first kappa shape index (κ1) is 24.4. The van der Waals surface area contributed by atoms with Crippen molar-refractivity contribution in [2.24, 2.45) is 0 Å². The van der Waals surface area contributed by atoms with Gasteiger partial charge in [0, 0.05) is 6.20 Å². The number of anilines is 1. The van der Waals surface area contributed by atoms with Gasteiger partial charge in [-0.3, -0.25) is 9.20 Å². The molecule has 174 valence electrons. The van der Waals surface area contributed by atoms with Crippen LogP contribution in [0, 0.1) is 13.8 Å². The van der Waals surface area contributed by atoms with Crippen LogP contribution in [0.3, 0.4) is 0 Å². The van der Waals surface area contributed by atoms with Crippen LogP contribution in [0.5, 0.6) is 0 Å². The van der Waals surface area contributed by atoms with Crippen molar-refractivity contribution in [3.63, 3.8) is 0 Å². The fraction of sp³-hybridized carbons (Fsp3) is 0.333. The van der Waals surface area contributed by atoms with Crippen molar-refractivity contribution >= 4 is 51.6 Å². The first-order valence-electron chi connectivity index (χ1n) is 10.0. The molecule has 0 saturated carbocycles. The van der Waals surface area contributed by atoms with E-state index in [-0.39, 0.29) is 39.6 Å². The summed E-state index contributed by atoms with van der Waals surface area (Å²) in [5.74, 6) is -1.81. The Balaban J connectivity index is 1.79. The number of thiophene rings is 1. The molecule has 0 aliphatic rings. The molecule has 3 heterocycles. The fourth-order valence-corrected chi connectivity index (χ4v) is 4.64. The molecule has 3 rings (SSSR count). The molecular formula is C21H22N4O6S2. The van der Waals surface area contributed by atoms with Gasteiger partial charge in [-0.1, -0.05) is 17.8 Å². The summed E-state index contributed by atoms with van der Waals surface area (Å²) in [5, 5.41) is 2.99. The molecule has 0 aliphatic carbocycles. The Bertz CT molecular complexity index is 1280. The van der Waals surface area contributed by atoms with E-state index in [0.29, 0.717) is 11.2 Å². The standard InChI is InChI=1S/C21H22N4O6S2/c1-5-30-18(27)15-12(4)16(19(28)31-6-2)33-17(15)23-14(26)10-32-20-22-13-8-7-11(3)9-25(13)21(29)24-20/h7-9H,5-6,10H2,1-4H3,(H,23,26). The summed E-state index contributed by atoms with van der Waals surface area (Å²) in [7, 11) is 0. The van der Waals surface area contributed by atoms with Gasteiger partial charge >= 0.3 is 17.6 Å². The lowest BCUT2D eigenvalue weighted by Crippen LogP contribution is -2.20. The van der Waals surface area contributed by atoms with Crippen LogP contribution >= 0.6 is 23.1 Å². The minimum absolute atomic E-state index is 0.110. The van der Waals surface area contributed by atoms with Crippen LogP contribution in [0.25, 0.3) is 5.65 Å². The molecule has 0 fully saturated rings. The molecule has 0 aliphatic heterocycles. The number of hydrogen-bond donors (Lipinski definition) is 1. The molecule has 0 unspecified atom stereocenters. The van der Waals surface area contributed by atoms with Crippen molar-refractivity contribution in [2.45, 2.75) is 32.9 Å². The van der Waals surface area contributed by atoms with Crippen LogP contribution in [-0.2, 0) is 14.3 Å². The van der Waals surface area contributed by atoms with Gasteiger partial charge in [0.25, 0.3) is 0 Å². The SMILES string of the molecule is CCOC(=O)c1sc(NC(=O)CSc2nc(=O)n3cc(C)ccc3n2)c(C(=O)OCC)c1C. The maximum atomic E-state index is 12.6. The number of amides is 1. The largest absolute Gasteiger partial charge is 0.462 e. The first-order valence-corrected chi connectivity index (χ1v) is 11.8. The highest BCUT2D eigenvalue weighted by Gasteiger charge is 2.27. The summed E-state index contributed by atoms with van der Waals surface area (Å²) >= 11 is 1.92. The van der Waals surface area contributed by atoms with Crippen molar-refractivity contribution in [3.05, 3.63) is 50.4 Å². The quantitative estimate of drug-likeness (QED) is 0.374. The van der Waals surface area contributed by atoms with Crippen molar-refractivity contribution in [1.82, 2.24) is 14.4 Å². The number of rotatable bonds is 8. The molecule has 1 N–H and O–H groups in total. The number of nitrogens with one attached hydrogen (secondary N) is 1. The van der Waals surface area contributed by atoms with Crippen molar-refractivity contribution < 1.29 is 23.9 Å². The zero-order valence-electron chi connectivity index (χ0n) is 18.5. The molecule has 0 atom stereocenters. The number of fused-ring (bicyclic) bond motifs is 1. The number of pyridine rings is 1. The van der Waals surface area contributed by atoms with Crippen LogP contribution < -0.4 is 11.0 Å². The second-order valence-electron chi connectivity index (χ2n) is 6.76. The number of carbonyl (C=O) groups is 3.